The lowest BCUT2D eigenvalue weighted by molar-refractivity contribution is -0.929. The van der Waals surface area contributed by atoms with Gasteiger partial charge in [-0.1, -0.05) is 60.8 Å². The molecule has 0 radical (unpaired) electrons. The predicted octanol–water partition coefficient (Wildman–Crippen LogP) is 0.474. The van der Waals surface area contributed by atoms with E-state index in [-0.39, 0.29) is 53.3 Å². The van der Waals surface area contributed by atoms with Crippen LogP contribution in [-0.2, 0) is 0 Å². The number of hydrogen-bond donors (Lipinski definition) is 11. The summed E-state index contributed by atoms with van der Waals surface area (Å²) in [6.07, 6.45) is 14.4. The standard InChI is InChI=1S/C14H32NO.C11H26NO.C8H20NO.C6H16NO.C5H14NO.2C4H11NO.C3H9NO.5H2O/c1-4-7-10-15(13-14-16,11-8-5-2)12-9-6-3;1-4-7-12(8-5-2,9-6-3)10-11-13;1-4-9(5-2,6-3)7-8-10;1-4-7(2,3)5-6-8;1-6(2,3)4-5-7;1-4(6)2-3-5;5-3-1-2-4-6;4-2-1-3-5;;;;;/h16H,4-14H2,1-3H3;13H,4-11H2,1-3H3;10H,4-8H2,1-3H3;8H,4-6H2,1-3H3;7H,4-5H2,1-3H3;4,6H,2-3,5H2,1H3;6H,1-5H2;5H,1-4H2;5*1H2/q5*+1;;;;;;;;. The van der Waals surface area contributed by atoms with Gasteiger partial charge in [0, 0.05) is 13.2 Å². The fourth-order valence-corrected chi connectivity index (χ4v) is 7.34. The monoisotopic (exact) mass is 1130 g/mol. The van der Waals surface area contributed by atoms with Crippen molar-refractivity contribution in [3.63, 3.8) is 0 Å². The van der Waals surface area contributed by atoms with Crippen molar-refractivity contribution in [3.8, 4) is 0 Å². The Morgan fingerprint density at radius 3 is 0.737 bits per heavy atom. The molecule has 0 aliphatic heterocycles. The maximum atomic E-state index is 9.28. The topological polar surface area (TPSA) is 397 Å². The Hall–Kier alpha value is -0.840. The largest absolute Gasteiger partial charge is 0.412 e. The highest BCUT2D eigenvalue weighted by Crippen LogP contribution is 2.14. The van der Waals surface area contributed by atoms with E-state index in [1.807, 2.05) is 0 Å². The summed E-state index contributed by atoms with van der Waals surface area (Å²) >= 11 is 0. The lowest BCUT2D eigenvalue weighted by Gasteiger charge is -2.38. The normalized spacial score (nSPS) is 10.9. The summed E-state index contributed by atoms with van der Waals surface area (Å²) in [4.78, 5) is 0. The summed E-state index contributed by atoms with van der Waals surface area (Å²) in [7, 11) is 10.4. The van der Waals surface area contributed by atoms with Crippen LogP contribution in [0.4, 0.5) is 0 Å². The molecule has 0 heterocycles. The van der Waals surface area contributed by atoms with E-state index in [2.05, 4.69) is 104 Å². The lowest BCUT2D eigenvalue weighted by atomic mass is 10.1. The Balaban J connectivity index is -0.0000000553. The van der Waals surface area contributed by atoms with Crippen molar-refractivity contribution in [3.05, 3.63) is 0 Å². The summed E-state index contributed by atoms with van der Waals surface area (Å²) in [6.45, 7) is 44.2. The van der Waals surface area contributed by atoms with Gasteiger partial charge in [0.15, 0.2) is 0 Å². The number of nitrogens with two attached hydrogens (primary N) is 3. The summed E-state index contributed by atoms with van der Waals surface area (Å²) in [5.74, 6) is 0. The Bertz CT molecular complexity index is 867. The van der Waals surface area contributed by atoms with Crippen molar-refractivity contribution in [2.45, 2.75) is 166 Å². The molecule has 0 aromatic heterocycles. The molecule has 0 bridgehead atoms. The summed E-state index contributed by atoms with van der Waals surface area (Å²) in [6, 6.07) is 0. The Kier molecular flexibility index (Phi) is 114. The van der Waals surface area contributed by atoms with Crippen LogP contribution >= 0.6 is 0 Å². The summed E-state index contributed by atoms with van der Waals surface area (Å²) in [5.41, 5.74) is 15.2. The molecule has 0 spiro atoms. The zero-order valence-electron chi connectivity index (χ0n) is 53.5. The molecular weight excluding hydrogens is 981 g/mol. The molecule has 0 fully saturated rings. The van der Waals surface area contributed by atoms with Gasteiger partial charge < -0.3 is 108 Å². The van der Waals surface area contributed by atoms with Crippen LogP contribution in [0.15, 0.2) is 0 Å². The zero-order chi connectivity index (χ0) is 56.9. The molecule has 0 rings (SSSR count). The van der Waals surface area contributed by atoms with Crippen molar-refractivity contribution >= 4 is 0 Å². The van der Waals surface area contributed by atoms with Gasteiger partial charge in [-0.15, -0.1) is 0 Å². The molecule has 0 amide bonds. The molecule has 21 heteroatoms. The molecule has 1 unspecified atom stereocenters. The van der Waals surface area contributed by atoms with Crippen LogP contribution in [0.5, 0.6) is 0 Å². The third kappa shape index (κ3) is 87.0. The first kappa shape index (κ1) is 107. The molecule has 0 saturated heterocycles. The number of unbranched alkanes of at least 4 members (excludes halogenated alkanes) is 4. The third-order valence-electron chi connectivity index (χ3n) is 12.7. The first-order valence-corrected chi connectivity index (χ1v) is 28.7. The van der Waals surface area contributed by atoms with Gasteiger partial charge in [-0.3, -0.25) is 0 Å². The van der Waals surface area contributed by atoms with Crippen molar-refractivity contribution < 1.29 is 90.6 Å². The second-order valence-corrected chi connectivity index (χ2v) is 20.7. The van der Waals surface area contributed by atoms with Crippen LogP contribution < -0.4 is 17.2 Å². The fourth-order valence-electron chi connectivity index (χ4n) is 7.34. The minimum atomic E-state index is -0.227. The first-order valence-electron chi connectivity index (χ1n) is 28.7. The van der Waals surface area contributed by atoms with E-state index in [1.165, 1.54) is 97.1 Å². The second-order valence-electron chi connectivity index (χ2n) is 20.7. The van der Waals surface area contributed by atoms with Gasteiger partial charge in [0.25, 0.3) is 0 Å². The quantitative estimate of drug-likeness (QED) is 0.0303. The van der Waals surface area contributed by atoms with Crippen LogP contribution in [-0.4, -0.2) is 296 Å². The van der Waals surface area contributed by atoms with Crippen LogP contribution in [0.3, 0.4) is 0 Å². The number of likely N-dealkylation sites (N-methyl/N-ethyl adjacent to an activating group) is 3. The number of aliphatic hydroxyl groups is 8. The number of nitrogens with zero attached hydrogens (tertiary/aromatic N) is 5. The molecule has 0 aliphatic carbocycles. The lowest BCUT2D eigenvalue weighted by Crippen LogP contribution is -2.51. The first-order chi connectivity index (χ1) is 33.5. The molecule has 0 aliphatic rings. The smallest absolute Gasteiger partial charge is 0.102 e. The van der Waals surface area contributed by atoms with Crippen molar-refractivity contribution in [1.29, 1.82) is 0 Å². The molecule has 482 valence electrons. The van der Waals surface area contributed by atoms with Gasteiger partial charge in [0.05, 0.1) is 140 Å². The number of aliphatic hydroxyl groups excluding tert-OH is 8. The van der Waals surface area contributed by atoms with Gasteiger partial charge in [-0.2, -0.15) is 0 Å². The number of rotatable bonds is 36. The van der Waals surface area contributed by atoms with E-state index >= 15 is 0 Å². The molecule has 0 saturated carbocycles. The van der Waals surface area contributed by atoms with E-state index in [0.717, 1.165) is 101 Å². The predicted molar refractivity (Wildman–Crippen MR) is 327 cm³/mol. The highest BCUT2D eigenvalue weighted by atomic mass is 16.3. The molecule has 0 aromatic carbocycles. The van der Waals surface area contributed by atoms with Crippen molar-refractivity contribution in [2.24, 2.45) is 17.2 Å². The van der Waals surface area contributed by atoms with Crippen LogP contribution in [0.25, 0.3) is 0 Å². The summed E-state index contributed by atoms with van der Waals surface area (Å²) < 4.78 is 5.09. The Morgan fingerprint density at radius 1 is 0.316 bits per heavy atom. The molecule has 24 N–H and O–H groups in total. The fraction of sp³-hybridized carbons (Fsp3) is 1.00. The van der Waals surface area contributed by atoms with Gasteiger partial charge in [0.2, 0.25) is 0 Å². The zero-order valence-corrected chi connectivity index (χ0v) is 53.5. The van der Waals surface area contributed by atoms with Crippen LogP contribution in [0.2, 0.25) is 0 Å². The maximum Gasteiger partial charge on any atom is 0.102 e. The Morgan fingerprint density at radius 2 is 0.618 bits per heavy atom. The second kappa shape index (κ2) is 80.6. The van der Waals surface area contributed by atoms with Gasteiger partial charge in [-0.05, 0) is 118 Å². The molecule has 1 atom stereocenters. The molecule has 21 nitrogen and oxygen atoms in total. The highest BCUT2D eigenvalue weighted by Gasteiger charge is 2.25. The van der Waals surface area contributed by atoms with Gasteiger partial charge in [0.1, 0.15) is 32.7 Å². The molecule has 0 aromatic rings. The average molecular weight is 1130 g/mol. The van der Waals surface area contributed by atoms with Crippen molar-refractivity contribution in [1.82, 2.24) is 0 Å². The van der Waals surface area contributed by atoms with E-state index in [1.54, 1.807) is 6.92 Å². The Labute approximate surface area is 471 Å². The SMILES string of the molecule is CC(O)CCN.CCCC[N+](CCO)(CCCC)CCCC.CCC[N+](CCC)(CCC)CCO.CC[N+](C)(C)CCO.CC[N+](CC)(CC)CCO.C[N+](C)(C)CCO.NCCCCO.NCCCO.O.O.O.O.O. The highest BCUT2D eigenvalue weighted by molar-refractivity contribution is 4.49. The van der Waals surface area contributed by atoms with Gasteiger partial charge >= 0.3 is 0 Å². The van der Waals surface area contributed by atoms with E-state index in [9.17, 15) is 5.11 Å². The minimum absolute atomic E-state index is 0. The number of hydrogen-bond acceptors (Lipinski definition) is 11. The minimum Gasteiger partial charge on any atom is -0.412 e. The van der Waals surface area contributed by atoms with Crippen LogP contribution in [0, 0.1) is 0 Å². The van der Waals surface area contributed by atoms with Crippen molar-refractivity contribution in [2.75, 3.05) is 199 Å². The summed E-state index contributed by atoms with van der Waals surface area (Å²) in [5, 5.41) is 68.6. The third-order valence-corrected chi connectivity index (χ3v) is 12.7. The number of quaternary nitrogens is 5. The van der Waals surface area contributed by atoms with E-state index in [0.29, 0.717) is 52.5 Å². The van der Waals surface area contributed by atoms with E-state index < -0.39 is 0 Å². The van der Waals surface area contributed by atoms with Gasteiger partial charge in [-0.25, -0.2) is 0 Å². The molecule has 76 heavy (non-hydrogen) atoms. The van der Waals surface area contributed by atoms with E-state index in [4.69, 9.17) is 52.9 Å². The average Bonchev–Trinajstić information content (AvgIpc) is 3.32. The molecular formula is C55H149N8O13+5. The van der Waals surface area contributed by atoms with Crippen LogP contribution in [0.1, 0.15) is 160 Å². The maximum absolute atomic E-state index is 9.28.